The zero-order valence-electron chi connectivity index (χ0n) is 19.4. The van der Waals surface area contributed by atoms with Crippen molar-refractivity contribution in [2.24, 2.45) is 0 Å². The molecule has 0 atom stereocenters. The summed E-state index contributed by atoms with van der Waals surface area (Å²) in [6, 6.07) is 7.59. The van der Waals surface area contributed by atoms with Crippen molar-refractivity contribution in [3.63, 3.8) is 0 Å². The van der Waals surface area contributed by atoms with E-state index in [2.05, 4.69) is 15.0 Å². The number of halogens is 5. The number of hydrogen-bond acceptors (Lipinski definition) is 6. The summed E-state index contributed by atoms with van der Waals surface area (Å²) in [6.45, 7) is 6.63. The van der Waals surface area contributed by atoms with Gasteiger partial charge in [0.2, 0.25) is 5.95 Å². The van der Waals surface area contributed by atoms with E-state index < -0.39 is 23.4 Å². The molecular weight excluding hydrogens is 467 g/mol. The zero-order chi connectivity index (χ0) is 25.2. The van der Waals surface area contributed by atoms with Crippen molar-refractivity contribution >= 4 is 17.6 Å². The van der Waals surface area contributed by atoms with Gasteiger partial charge in [-0.3, -0.25) is 0 Å². The molecule has 0 N–H and O–H groups in total. The second kappa shape index (κ2) is 10.0. The lowest BCUT2D eigenvalue weighted by Crippen LogP contribution is -2.47. The SMILES string of the molecule is CCN(CC)c1nc(-c2ccc(F)c(F)c2)cc(N2CCN(c3ncccc3C(F)(F)F)CC2)n1. The molecule has 11 heteroatoms. The van der Waals surface area contributed by atoms with Crippen LogP contribution in [0, 0.1) is 11.6 Å². The Morgan fingerprint density at radius 3 is 2.20 bits per heavy atom. The highest BCUT2D eigenvalue weighted by molar-refractivity contribution is 5.65. The lowest BCUT2D eigenvalue weighted by Gasteiger charge is -2.37. The first kappa shape index (κ1) is 24.6. The molecule has 35 heavy (non-hydrogen) atoms. The molecule has 1 aromatic carbocycles. The molecular formula is C24H25F5N6. The van der Waals surface area contributed by atoms with Crippen LogP contribution in [0.15, 0.2) is 42.6 Å². The summed E-state index contributed by atoms with van der Waals surface area (Å²) in [7, 11) is 0. The molecule has 1 aliphatic rings. The van der Waals surface area contributed by atoms with E-state index in [1.54, 1.807) is 11.0 Å². The maximum atomic E-state index is 13.9. The maximum absolute atomic E-state index is 13.9. The molecule has 6 nitrogen and oxygen atoms in total. The number of alkyl halides is 3. The van der Waals surface area contributed by atoms with Crippen LogP contribution in [0.25, 0.3) is 11.3 Å². The molecule has 0 amide bonds. The topological polar surface area (TPSA) is 48.4 Å². The molecule has 2 aromatic heterocycles. The Kier molecular flexibility index (Phi) is 7.04. The average molecular weight is 492 g/mol. The van der Waals surface area contributed by atoms with E-state index in [4.69, 9.17) is 0 Å². The number of hydrogen-bond donors (Lipinski definition) is 0. The van der Waals surface area contributed by atoms with Crippen molar-refractivity contribution in [2.45, 2.75) is 20.0 Å². The third-order valence-electron chi connectivity index (χ3n) is 5.96. The highest BCUT2D eigenvalue weighted by Gasteiger charge is 2.36. The number of piperazine rings is 1. The molecule has 1 fully saturated rings. The molecule has 0 saturated carbocycles. The standard InChI is InChI=1S/C24H25F5N6/c1-3-33(4-2)23-31-20(16-7-8-18(25)19(26)14-16)15-21(32-23)34-10-12-35(13-11-34)22-17(24(27,28)29)6-5-9-30-22/h5-9,14-15H,3-4,10-13H2,1-2H3. The fourth-order valence-electron chi connectivity index (χ4n) is 4.05. The first-order valence-corrected chi connectivity index (χ1v) is 11.3. The predicted molar refractivity (Wildman–Crippen MR) is 125 cm³/mol. The van der Waals surface area contributed by atoms with E-state index in [0.29, 0.717) is 62.3 Å². The number of rotatable bonds is 6. The summed E-state index contributed by atoms with van der Waals surface area (Å²) in [5.74, 6) is -1.00. The van der Waals surface area contributed by atoms with E-state index in [1.165, 1.54) is 18.3 Å². The fraction of sp³-hybridized carbons (Fsp3) is 0.375. The molecule has 1 saturated heterocycles. The van der Waals surface area contributed by atoms with Gasteiger partial charge in [-0.1, -0.05) is 0 Å². The van der Waals surface area contributed by atoms with Gasteiger partial charge in [0, 0.05) is 57.1 Å². The van der Waals surface area contributed by atoms with Crippen LogP contribution < -0.4 is 14.7 Å². The van der Waals surface area contributed by atoms with E-state index >= 15 is 0 Å². The summed E-state index contributed by atoms with van der Waals surface area (Å²) in [4.78, 5) is 18.7. The molecule has 0 bridgehead atoms. The molecule has 0 unspecified atom stereocenters. The van der Waals surface area contributed by atoms with E-state index in [1.807, 2.05) is 23.6 Å². The minimum atomic E-state index is -4.49. The normalized spacial score (nSPS) is 14.4. The highest BCUT2D eigenvalue weighted by atomic mass is 19.4. The predicted octanol–water partition coefficient (Wildman–Crippen LogP) is 5.01. The Labute approximate surface area is 200 Å². The molecule has 0 aliphatic carbocycles. The van der Waals surface area contributed by atoms with Gasteiger partial charge in [-0.15, -0.1) is 0 Å². The van der Waals surface area contributed by atoms with Gasteiger partial charge in [0.25, 0.3) is 0 Å². The minimum Gasteiger partial charge on any atom is -0.353 e. The van der Waals surface area contributed by atoms with Crippen LogP contribution in [0.1, 0.15) is 19.4 Å². The second-order valence-electron chi connectivity index (χ2n) is 8.06. The molecule has 186 valence electrons. The molecule has 3 aromatic rings. The third-order valence-corrected chi connectivity index (χ3v) is 5.96. The van der Waals surface area contributed by atoms with Gasteiger partial charge >= 0.3 is 6.18 Å². The van der Waals surface area contributed by atoms with Gasteiger partial charge in [0.15, 0.2) is 11.6 Å². The minimum absolute atomic E-state index is 0.0892. The lowest BCUT2D eigenvalue weighted by molar-refractivity contribution is -0.137. The Morgan fingerprint density at radius 2 is 1.57 bits per heavy atom. The molecule has 0 spiro atoms. The van der Waals surface area contributed by atoms with Crippen LogP contribution in [-0.4, -0.2) is 54.2 Å². The Hall–Kier alpha value is -3.50. The van der Waals surface area contributed by atoms with Crippen LogP contribution in [0.2, 0.25) is 0 Å². The van der Waals surface area contributed by atoms with E-state index in [0.717, 1.165) is 18.2 Å². The van der Waals surface area contributed by atoms with Gasteiger partial charge < -0.3 is 14.7 Å². The van der Waals surface area contributed by atoms with Crippen LogP contribution in [0.3, 0.4) is 0 Å². The third kappa shape index (κ3) is 5.28. The quantitative estimate of drug-likeness (QED) is 0.451. The molecule has 3 heterocycles. The number of anilines is 3. The van der Waals surface area contributed by atoms with Gasteiger partial charge in [0.1, 0.15) is 11.6 Å². The van der Waals surface area contributed by atoms with Crippen molar-refractivity contribution in [1.82, 2.24) is 15.0 Å². The summed E-state index contributed by atoms with van der Waals surface area (Å²) < 4.78 is 67.7. The molecule has 1 aliphatic heterocycles. The second-order valence-corrected chi connectivity index (χ2v) is 8.06. The summed E-state index contributed by atoms with van der Waals surface area (Å²) >= 11 is 0. The zero-order valence-corrected chi connectivity index (χ0v) is 19.4. The van der Waals surface area contributed by atoms with Crippen molar-refractivity contribution in [2.75, 3.05) is 54.0 Å². The number of aromatic nitrogens is 3. The van der Waals surface area contributed by atoms with Crippen molar-refractivity contribution < 1.29 is 22.0 Å². The van der Waals surface area contributed by atoms with Gasteiger partial charge in [-0.2, -0.15) is 18.2 Å². The summed E-state index contributed by atoms with van der Waals surface area (Å²) in [5.41, 5.74) is 0.0742. The first-order valence-electron chi connectivity index (χ1n) is 11.3. The Bertz CT molecular complexity index is 1170. The van der Waals surface area contributed by atoms with Gasteiger partial charge in [0.05, 0.1) is 11.3 Å². The largest absolute Gasteiger partial charge is 0.419 e. The number of benzene rings is 1. The van der Waals surface area contributed by atoms with E-state index in [9.17, 15) is 22.0 Å². The highest BCUT2D eigenvalue weighted by Crippen LogP contribution is 2.36. The first-order chi connectivity index (χ1) is 16.7. The Morgan fingerprint density at radius 1 is 0.886 bits per heavy atom. The Balaban J connectivity index is 1.63. The monoisotopic (exact) mass is 492 g/mol. The van der Waals surface area contributed by atoms with Crippen LogP contribution in [-0.2, 0) is 6.18 Å². The number of nitrogens with zero attached hydrogens (tertiary/aromatic N) is 6. The average Bonchev–Trinajstić information content (AvgIpc) is 2.86. The van der Waals surface area contributed by atoms with Crippen LogP contribution in [0.5, 0.6) is 0 Å². The van der Waals surface area contributed by atoms with Crippen LogP contribution in [0.4, 0.5) is 39.5 Å². The van der Waals surface area contributed by atoms with Crippen LogP contribution >= 0.6 is 0 Å². The van der Waals surface area contributed by atoms with E-state index in [-0.39, 0.29) is 5.82 Å². The lowest BCUT2D eigenvalue weighted by atomic mass is 10.1. The van der Waals surface area contributed by atoms with Crippen molar-refractivity contribution in [3.8, 4) is 11.3 Å². The molecule has 0 radical (unpaired) electrons. The fourth-order valence-corrected chi connectivity index (χ4v) is 4.05. The van der Waals surface area contributed by atoms with Crippen molar-refractivity contribution in [1.29, 1.82) is 0 Å². The number of pyridine rings is 1. The summed E-state index contributed by atoms with van der Waals surface area (Å²) in [5, 5.41) is 0. The summed E-state index contributed by atoms with van der Waals surface area (Å²) in [6.07, 6.45) is -3.14. The molecule has 4 rings (SSSR count). The van der Waals surface area contributed by atoms with Gasteiger partial charge in [-0.05, 0) is 44.2 Å². The smallest absolute Gasteiger partial charge is 0.353 e. The van der Waals surface area contributed by atoms with Crippen molar-refractivity contribution in [3.05, 3.63) is 59.8 Å². The maximum Gasteiger partial charge on any atom is 0.419 e. The van der Waals surface area contributed by atoms with Gasteiger partial charge in [-0.25, -0.2) is 18.7 Å².